The number of anilines is 1. The van der Waals surface area contributed by atoms with Gasteiger partial charge in [0.25, 0.3) is 0 Å². The maximum absolute atomic E-state index is 10.9. The molecule has 0 heterocycles. The minimum Gasteiger partial charge on any atom is -0.478 e. The van der Waals surface area contributed by atoms with E-state index in [1.807, 2.05) is 13.0 Å². The van der Waals surface area contributed by atoms with Gasteiger partial charge >= 0.3 is 5.97 Å². The number of aryl methyl sites for hydroxylation is 1. The number of hydrogen-bond donors (Lipinski definition) is 2. The van der Waals surface area contributed by atoms with Gasteiger partial charge in [0.05, 0.1) is 5.56 Å². The minimum atomic E-state index is -0.910. The number of hydrogen-bond acceptors (Lipinski definition) is 2. The highest BCUT2D eigenvalue weighted by Gasteiger charge is 2.11. The molecule has 1 rings (SSSR count). The van der Waals surface area contributed by atoms with Crippen LogP contribution in [0.3, 0.4) is 0 Å². The van der Waals surface area contributed by atoms with Crippen molar-refractivity contribution in [2.24, 2.45) is 0 Å². The van der Waals surface area contributed by atoms with Gasteiger partial charge in [-0.05, 0) is 36.6 Å². The fourth-order valence-corrected chi connectivity index (χ4v) is 1.55. The van der Waals surface area contributed by atoms with Gasteiger partial charge in [-0.2, -0.15) is 0 Å². The van der Waals surface area contributed by atoms with Crippen LogP contribution in [0.25, 0.3) is 0 Å². The van der Waals surface area contributed by atoms with Crippen molar-refractivity contribution >= 4 is 11.7 Å². The largest absolute Gasteiger partial charge is 0.478 e. The predicted molar refractivity (Wildman–Crippen MR) is 56.5 cm³/mol. The van der Waals surface area contributed by atoms with Gasteiger partial charge in [-0.15, -0.1) is 0 Å². The molecule has 0 saturated carbocycles. The topological polar surface area (TPSA) is 63.3 Å². The third-order valence-corrected chi connectivity index (χ3v) is 2.29. The van der Waals surface area contributed by atoms with Crippen molar-refractivity contribution in [3.63, 3.8) is 0 Å². The molecule has 3 N–H and O–H groups in total. The average molecular weight is 193 g/mol. The molecule has 14 heavy (non-hydrogen) atoms. The summed E-state index contributed by atoms with van der Waals surface area (Å²) in [5, 5.41) is 8.93. The van der Waals surface area contributed by atoms with Gasteiger partial charge in [-0.25, -0.2) is 4.79 Å². The van der Waals surface area contributed by atoms with Gasteiger partial charge in [0, 0.05) is 5.69 Å². The molecule has 0 amide bonds. The van der Waals surface area contributed by atoms with Gasteiger partial charge in [-0.3, -0.25) is 0 Å². The first-order valence-corrected chi connectivity index (χ1v) is 4.68. The summed E-state index contributed by atoms with van der Waals surface area (Å²) < 4.78 is 0. The maximum atomic E-state index is 10.9. The Morgan fingerprint density at radius 1 is 1.50 bits per heavy atom. The normalized spacial score (nSPS) is 10.1. The van der Waals surface area contributed by atoms with E-state index < -0.39 is 5.97 Å². The Hall–Kier alpha value is -1.51. The molecule has 0 saturated heterocycles. The summed E-state index contributed by atoms with van der Waals surface area (Å²) in [7, 11) is 0. The van der Waals surface area contributed by atoms with Crippen LogP contribution in [0.5, 0.6) is 0 Å². The highest BCUT2D eigenvalue weighted by atomic mass is 16.4. The van der Waals surface area contributed by atoms with Gasteiger partial charge in [-0.1, -0.05) is 13.3 Å². The quantitative estimate of drug-likeness (QED) is 0.723. The molecule has 3 heteroatoms. The number of benzene rings is 1. The molecule has 0 atom stereocenters. The van der Waals surface area contributed by atoms with E-state index in [0.717, 1.165) is 24.0 Å². The number of carboxylic acids is 1. The number of carbonyl (C=O) groups is 1. The molecular formula is C11H15NO2. The van der Waals surface area contributed by atoms with E-state index in [1.165, 1.54) is 6.07 Å². The minimum absolute atomic E-state index is 0.313. The average Bonchev–Trinajstić information content (AvgIpc) is 2.10. The molecule has 0 aliphatic heterocycles. The van der Waals surface area contributed by atoms with Crippen molar-refractivity contribution in [2.45, 2.75) is 26.7 Å². The first kappa shape index (κ1) is 10.6. The van der Waals surface area contributed by atoms with Crippen molar-refractivity contribution in [3.05, 3.63) is 28.8 Å². The Kier molecular flexibility index (Phi) is 3.12. The SMILES string of the molecule is CCCc1cc(N)cc(C(=O)O)c1C. The monoisotopic (exact) mass is 193 g/mol. The highest BCUT2D eigenvalue weighted by molar-refractivity contribution is 5.91. The summed E-state index contributed by atoms with van der Waals surface area (Å²) in [6.07, 6.45) is 1.86. The van der Waals surface area contributed by atoms with Crippen LogP contribution < -0.4 is 5.73 Å². The van der Waals surface area contributed by atoms with Crippen molar-refractivity contribution in [1.82, 2.24) is 0 Å². The lowest BCUT2D eigenvalue weighted by atomic mass is 9.98. The Bertz CT molecular complexity index is 359. The van der Waals surface area contributed by atoms with E-state index >= 15 is 0 Å². The van der Waals surface area contributed by atoms with Crippen molar-refractivity contribution in [1.29, 1.82) is 0 Å². The third kappa shape index (κ3) is 2.05. The first-order chi connectivity index (χ1) is 6.56. The number of rotatable bonds is 3. The zero-order valence-corrected chi connectivity index (χ0v) is 8.50. The van der Waals surface area contributed by atoms with E-state index in [0.29, 0.717) is 11.3 Å². The van der Waals surface area contributed by atoms with E-state index in [-0.39, 0.29) is 0 Å². The summed E-state index contributed by atoms with van der Waals surface area (Å²) in [6, 6.07) is 3.36. The van der Waals surface area contributed by atoms with Crippen LogP contribution in [0.15, 0.2) is 12.1 Å². The Balaban J connectivity index is 3.24. The number of nitrogen functional groups attached to an aromatic ring is 1. The van der Waals surface area contributed by atoms with E-state index in [9.17, 15) is 4.79 Å². The van der Waals surface area contributed by atoms with Gasteiger partial charge in [0.15, 0.2) is 0 Å². The lowest BCUT2D eigenvalue weighted by molar-refractivity contribution is 0.0696. The second kappa shape index (κ2) is 4.13. The van der Waals surface area contributed by atoms with E-state index in [1.54, 1.807) is 0 Å². The second-order valence-corrected chi connectivity index (χ2v) is 3.41. The molecule has 0 aliphatic rings. The molecule has 1 aromatic rings. The molecule has 3 nitrogen and oxygen atoms in total. The third-order valence-electron chi connectivity index (χ3n) is 2.29. The highest BCUT2D eigenvalue weighted by Crippen LogP contribution is 2.19. The van der Waals surface area contributed by atoms with Crippen molar-refractivity contribution in [3.8, 4) is 0 Å². The fraction of sp³-hybridized carbons (Fsp3) is 0.364. The van der Waals surface area contributed by atoms with E-state index in [4.69, 9.17) is 10.8 Å². The second-order valence-electron chi connectivity index (χ2n) is 3.41. The molecule has 0 unspecified atom stereocenters. The molecule has 1 aromatic carbocycles. The predicted octanol–water partition coefficient (Wildman–Crippen LogP) is 2.23. The van der Waals surface area contributed by atoms with Crippen LogP contribution in [0.1, 0.15) is 34.8 Å². The zero-order chi connectivity index (χ0) is 10.7. The summed E-state index contributed by atoms with van der Waals surface area (Å²) in [5.74, 6) is -0.910. The van der Waals surface area contributed by atoms with Crippen LogP contribution in [0, 0.1) is 6.92 Å². The van der Waals surface area contributed by atoms with Gasteiger partial charge < -0.3 is 10.8 Å². The molecule has 0 spiro atoms. The molecule has 0 aliphatic carbocycles. The Morgan fingerprint density at radius 3 is 2.64 bits per heavy atom. The van der Waals surface area contributed by atoms with E-state index in [2.05, 4.69) is 6.92 Å². The molecular weight excluding hydrogens is 178 g/mol. The Labute approximate surface area is 83.6 Å². The molecule has 0 aromatic heterocycles. The smallest absolute Gasteiger partial charge is 0.336 e. The van der Waals surface area contributed by atoms with Crippen molar-refractivity contribution in [2.75, 3.05) is 5.73 Å². The van der Waals surface area contributed by atoms with Gasteiger partial charge in [0.2, 0.25) is 0 Å². The lowest BCUT2D eigenvalue weighted by Crippen LogP contribution is -2.04. The number of aromatic carboxylic acids is 1. The fourth-order valence-electron chi connectivity index (χ4n) is 1.55. The van der Waals surface area contributed by atoms with Crippen LogP contribution in [0.2, 0.25) is 0 Å². The molecule has 0 fully saturated rings. The van der Waals surface area contributed by atoms with Crippen LogP contribution in [-0.4, -0.2) is 11.1 Å². The number of nitrogens with two attached hydrogens (primary N) is 1. The summed E-state index contributed by atoms with van der Waals surface area (Å²) in [6.45, 7) is 3.89. The standard InChI is InChI=1S/C11H15NO2/c1-3-4-8-5-9(12)6-10(7(8)2)11(13)14/h5-6H,3-4,12H2,1-2H3,(H,13,14). The molecule has 76 valence electrons. The Morgan fingerprint density at radius 2 is 2.14 bits per heavy atom. The first-order valence-electron chi connectivity index (χ1n) is 4.68. The number of carboxylic acid groups (broad SMARTS) is 1. The molecule has 0 bridgehead atoms. The summed E-state index contributed by atoms with van der Waals surface area (Å²) in [4.78, 5) is 10.9. The van der Waals surface area contributed by atoms with Crippen LogP contribution >= 0.6 is 0 Å². The summed E-state index contributed by atoms with van der Waals surface area (Å²) in [5.41, 5.74) is 8.33. The maximum Gasteiger partial charge on any atom is 0.336 e. The van der Waals surface area contributed by atoms with Crippen LogP contribution in [-0.2, 0) is 6.42 Å². The van der Waals surface area contributed by atoms with Crippen molar-refractivity contribution < 1.29 is 9.90 Å². The van der Waals surface area contributed by atoms with Crippen LogP contribution in [0.4, 0.5) is 5.69 Å². The van der Waals surface area contributed by atoms with Gasteiger partial charge in [0.1, 0.15) is 0 Å². The lowest BCUT2D eigenvalue weighted by Gasteiger charge is -2.09. The zero-order valence-electron chi connectivity index (χ0n) is 8.50. The summed E-state index contributed by atoms with van der Waals surface area (Å²) >= 11 is 0. The molecule has 0 radical (unpaired) electrons.